The number of amides is 3. The van der Waals surface area contributed by atoms with E-state index in [4.69, 9.17) is 4.74 Å². The predicted octanol–water partition coefficient (Wildman–Crippen LogP) is 5.37. The number of anilines is 2. The number of carbonyl (C=O) groups excluding carboxylic acids is 3. The van der Waals surface area contributed by atoms with Crippen molar-refractivity contribution in [3.05, 3.63) is 80.9 Å². The summed E-state index contributed by atoms with van der Waals surface area (Å²) in [6, 6.07) is 17.2. The summed E-state index contributed by atoms with van der Waals surface area (Å²) in [5.74, 6) is -0.894. The number of imide groups is 1. The van der Waals surface area contributed by atoms with Gasteiger partial charge in [0.2, 0.25) is 5.91 Å². The lowest BCUT2D eigenvalue weighted by atomic mass is 10.2. The maximum atomic E-state index is 13.0. The first-order valence-corrected chi connectivity index (χ1v) is 13.8. The summed E-state index contributed by atoms with van der Waals surface area (Å²) >= 11 is 4.59. The third-order valence-electron chi connectivity index (χ3n) is 6.53. The highest BCUT2D eigenvalue weighted by Gasteiger charge is 2.36. The molecule has 8 nitrogen and oxygen atoms in total. The Labute approximate surface area is 233 Å². The van der Waals surface area contributed by atoms with Gasteiger partial charge < -0.3 is 19.5 Å². The summed E-state index contributed by atoms with van der Waals surface area (Å²) in [5.41, 5.74) is 5.52. The van der Waals surface area contributed by atoms with Crippen LogP contribution in [-0.2, 0) is 14.3 Å². The zero-order chi connectivity index (χ0) is 26.8. The van der Waals surface area contributed by atoms with Crippen molar-refractivity contribution in [3.8, 4) is 5.69 Å². The van der Waals surface area contributed by atoms with Gasteiger partial charge in [0, 0.05) is 40.3 Å². The number of para-hydroxylation sites is 1. The van der Waals surface area contributed by atoms with Crippen LogP contribution in [0.5, 0.6) is 0 Å². The first-order valence-electron chi connectivity index (χ1n) is 12.2. The largest absolute Gasteiger partial charge is 0.378 e. The Balaban J connectivity index is 1.34. The number of aryl methyl sites for hydroxylation is 1. The summed E-state index contributed by atoms with van der Waals surface area (Å²) in [4.78, 5) is 41.6. The second kappa shape index (κ2) is 11.2. The molecule has 3 heterocycles. The minimum Gasteiger partial charge on any atom is -0.378 e. The van der Waals surface area contributed by atoms with E-state index in [-0.39, 0.29) is 6.54 Å². The second-order valence-corrected chi connectivity index (χ2v) is 10.9. The lowest BCUT2D eigenvalue weighted by Gasteiger charge is -2.30. The molecule has 2 aliphatic heterocycles. The van der Waals surface area contributed by atoms with Crippen LogP contribution in [0.15, 0.2) is 64.0 Å². The van der Waals surface area contributed by atoms with Crippen LogP contribution >= 0.6 is 27.7 Å². The molecular formula is C28H27BrN4O4S. The molecule has 0 bridgehead atoms. The van der Waals surface area contributed by atoms with Crippen LogP contribution in [0, 0.1) is 13.8 Å². The Hall–Kier alpha value is -3.34. The van der Waals surface area contributed by atoms with Crippen LogP contribution in [0.25, 0.3) is 11.8 Å². The van der Waals surface area contributed by atoms with Crippen molar-refractivity contribution in [1.82, 2.24) is 9.47 Å². The van der Waals surface area contributed by atoms with Crippen molar-refractivity contribution in [2.24, 2.45) is 0 Å². The van der Waals surface area contributed by atoms with E-state index in [1.165, 1.54) is 0 Å². The van der Waals surface area contributed by atoms with Crippen molar-refractivity contribution >= 4 is 62.2 Å². The van der Waals surface area contributed by atoms with E-state index in [0.29, 0.717) is 10.6 Å². The van der Waals surface area contributed by atoms with Gasteiger partial charge in [-0.05, 0) is 89.6 Å². The smallest absolute Gasteiger partial charge is 0.294 e. The maximum absolute atomic E-state index is 13.0. The molecule has 0 unspecified atom stereocenters. The third-order valence-corrected chi connectivity index (χ3v) is 8.07. The first-order chi connectivity index (χ1) is 18.3. The maximum Gasteiger partial charge on any atom is 0.294 e. The van der Waals surface area contributed by atoms with Gasteiger partial charge in [0.1, 0.15) is 6.54 Å². The monoisotopic (exact) mass is 594 g/mol. The summed E-state index contributed by atoms with van der Waals surface area (Å²) in [5, 5.41) is 2.25. The van der Waals surface area contributed by atoms with Gasteiger partial charge >= 0.3 is 0 Å². The molecule has 38 heavy (non-hydrogen) atoms. The van der Waals surface area contributed by atoms with E-state index < -0.39 is 17.1 Å². The van der Waals surface area contributed by atoms with Crippen molar-refractivity contribution in [3.63, 3.8) is 0 Å². The van der Waals surface area contributed by atoms with Crippen molar-refractivity contribution in [2.45, 2.75) is 13.8 Å². The zero-order valence-corrected chi connectivity index (χ0v) is 23.5. The highest BCUT2D eigenvalue weighted by molar-refractivity contribution is 9.10. The molecule has 3 amide bonds. The topological polar surface area (TPSA) is 83.9 Å². The molecule has 2 aliphatic rings. The van der Waals surface area contributed by atoms with Gasteiger partial charge in [-0.15, -0.1) is 0 Å². The molecule has 0 radical (unpaired) electrons. The molecular weight excluding hydrogens is 568 g/mol. The number of nitrogens with one attached hydrogen (secondary N) is 1. The minimum absolute atomic E-state index is 0.298. The molecule has 0 spiro atoms. The summed E-state index contributed by atoms with van der Waals surface area (Å²) in [6.07, 6.45) is 1.73. The van der Waals surface area contributed by atoms with Crippen molar-refractivity contribution in [2.75, 3.05) is 43.1 Å². The third kappa shape index (κ3) is 5.43. The predicted molar refractivity (Wildman–Crippen MR) is 154 cm³/mol. The van der Waals surface area contributed by atoms with E-state index in [9.17, 15) is 14.4 Å². The normalized spacial score (nSPS) is 17.0. The average Bonchev–Trinajstić information content (AvgIpc) is 3.33. The van der Waals surface area contributed by atoms with Crippen LogP contribution in [0.3, 0.4) is 0 Å². The van der Waals surface area contributed by atoms with E-state index in [2.05, 4.69) is 48.9 Å². The first kappa shape index (κ1) is 26.3. The number of carbonyl (C=O) groups is 3. The second-order valence-electron chi connectivity index (χ2n) is 9.08. The Morgan fingerprint density at radius 2 is 1.82 bits per heavy atom. The molecule has 5 rings (SSSR count). The molecule has 0 atom stereocenters. The molecule has 0 aliphatic carbocycles. The molecule has 1 N–H and O–H groups in total. The van der Waals surface area contributed by atoms with Crippen LogP contribution in [0.4, 0.5) is 16.2 Å². The molecule has 1 aromatic heterocycles. The van der Waals surface area contributed by atoms with Gasteiger partial charge in [0.15, 0.2) is 0 Å². The average molecular weight is 596 g/mol. The van der Waals surface area contributed by atoms with Crippen LogP contribution in [-0.4, -0.2) is 59.4 Å². The molecule has 2 fully saturated rings. The Bertz CT molecular complexity index is 1430. The quantitative estimate of drug-likeness (QED) is 0.386. The Kier molecular flexibility index (Phi) is 7.73. The minimum atomic E-state index is -0.467. The van der Waals surface area contributed by atoms with E-state index >= 15 is 0 Å². The number of nitrogens with zero attached hydrogens (tertiary/aromatic N) is 3. The lowest BCUT2D eigenvalue weighted by molar-refractivity contribution is -0.127. The van der Waals surface area contributed by atoms with Crippen LogP contribution in [0.1, 0.15) is 17.0 Å². The Morgan fingerprint density at radius 1 is 1.08 bits per heavy atom. The number of benzene rings is 2. The summed E-state index contributed by atoms with van der Waals surface area (Å²) in [7, 11) is 0. The lowest BCUT2D eigenvalue weighted by Crippen LogP contribution is -2.36. The van der Waals surface area contributed by atoms with Crippen LogP contribution < -0.4 is 10.2 Å². The molecule has 0 saturated carbocycles. The van der Waals surface area contributed by atoms with Gasteiger partial charge in [0.05, 0.1) is 23.8 Å². The number of morpholine rings is 1. The fourth-order valence-electron chi connectivity index (χ4n) is 4.67. The van der Waals surface area contributed by atoms with Crippen molar-refractivity contribution < 1.29 is 19.1 Å². The van der Waals surface area contributed by atoms with Gasteiger partial charge in [-0.3, -0.25) is 19.3 Å². The van der Waals surface area contributed by atoms with Crippen molar-refractivity contribution in [1.29, 1.82) is 0 Å². The fourth-order valence-corrected chi connectivity index (χ4v) is 6.12. The molecule has 2 saturated heterocycles. The number of rotatable bonds is 6. The van der Waals surface area contributed by atoms with Gasteiger partial charge in [-0.1, -0.05) is 18.2 Å². The van der Waals surface area contributed by atoms with E-state index in [1.54, 1.807) is 30.3 Å². The van der Waals surface area contributed by atoms with Crippen LogP contribution in [0.2, 0.25) is 0 Å². The van der Waals surface area contributed by atoms with Gasteiger partial charge in [0.25, 0.3) is 11.1 Å². The summed E-state index contributed by atoms with van der Waals surface area (Å²) in [6.45, 7) is 6.80. The molecule has 10 heteroatoms. The highest BCUT2D eigenvalue weighted by Crippen LogP contribution is 2.35. The van der Waals surface area contributed by atoms with Gasteiger partial charge in [-0.25, -0.2) is 0 Å². The number of halogens is 1. The number of thioether (sulfide) groups is 1. The molecule has 2 aromatic carbocycles. The van der Waals surface area contributed by atoms with E-state index in [1.807, 2.05) is 26.0 Å². The number of ether oxygens (including phenoxy) is 1. The zero-order valence-electron chi connectivity index (χ0n) is 21.1. The molecule has 3 aromatic rings. The standard InChI is InChI=1S/C28H27BrN4O4S/c1-18-14-20(19(2)33(18)22-8-9-24(23(29)16-22)31-10-12-37-13-11-31)15-25-27(35)32(28(36)38-25)17-26(34)30-21-6-4-3-5-7-21/h3-9,14-16H,10-13,17H2,1-2H3,(H,30,34)/b25-15-. The molecule has 196 valence electrons. The van der Waals surface area contributed by atoms with E-state index in [0.717, 1.165) is 75.8 Å². The number of hydrogen-bond acceptors (Lipinski definition) is 6. The summed E-state index contributed by atoms with van der Waals surface area (Å²) < 4.78 is 8.59. The highest BCUT2D eigenvalue weighted by atomic mass is 79.9. The number of hydrogen-bond donors (Lipinski definition) is 1. The Morgan fingerprint density at radius 3 is 2.53 bits per heavy atom. The number of aromatic nitrogens is 1. The fraction of sp³-hybridized carbons (Fsp3) is 0.250. The SMILES string of the molecule is Cc1cc(/C=C2\SC(=O)N(CC(=O)Nc3ccccc3)C2=O)c(C)n1-c1ccc(N2CCOCC2)c(Br)c1. The van der Waals surface area contributed by atoms with Gasteiger partial charge in [-0.2, -0.15) is 0 Å².